The number of pyridine rings is 3. The zero-order valence-corrected chi connectivity index (χ0v) is 12.8. The van der Waals surface area contributed by atoms with Crippen LogP contribution in [0.2, 0.25) is 0 Å². The van der Waals surface area contributed by atoms with Crippen molar-refractivity contribution in [3.8, 4) is 11.3 Å². The standard InChI is InChI=1S/C17H18N4O/c1-10-4-15(17(2,3)22)20-9-13(10)14-5-11-8-21-16(18)6-12(11)7-19-14/h4-9,22H,1-3H3,(H2,18,21). The molecule has 3 aromatic heterocycles. The van der Waals surface area contributed by atoms with Gasteiger partial charge in [0.2, 0.25) is 0 Å². The molecule has 22 heavy (non-hydrogen) atoms. The average molecular weight is 294 g/mol. The smallest absolute Gasteiger partial charge is 0.123 e. The molecule has 0 aliphatic rings. The third kappa shape index (κ3) is 2.63. The van der Waals surface area contributed by atoms with Crippen molar-refractivity contribution in [3.63, 3.8) is 0 Å². The second-order valence-corrected chi connectivity index (χ2v) is 5.97. The molecule has 0 radical (unpaired) electrons. The highest BCUT2D eigenvalue weighted by Gasteiger charge is 2.19. The maximum atomic E-state index is 10.0. The first-order chi connectivity index (χ1) is 10.3. The summed E-state index contributed by atoms with van der Waals surface area (Å²) < 4.78 is 0. The molecule has 3 heterocycles. The molecular formula is C17H18N4O. The first-order valence-corrected chi connectivity index (χ1v) is 7.06. The lowest BCUT2D eigenvalue weighted by molar-refractivity contribution is 0.0738. The van der Waals surface area contributed by atoms with Crippen LogP contribution in [0.3, 0.4) is 0 Å². The molecule has 0 spiro atoms. The van der Waals surface area contributed by atoms with Crippen molar-refractivity contribution in [1.29, 1.82) is 0 Å². The number of anilines is 1. The lowest BCUT2D eigenvalue weighted by Gasteiger charge is -2.18. The molecule has 0 fully saturated rings. The minimum atomic E-state index is -0.957. The summed E-state index contributed by atoms with van der Waals surface area (Å²) in [5, 5.41) is 12.0. The molecule has 3 aromatic rings. The monoisotopic (exact) mass is 294 g/mol. The Bertz CT molecular complexity index is 853. The number of aliphatic hydroxyl groups is 1. The molecule has 3 rings (SSSR count). The van der Waals surface area contributed by atoms with Crippen LogP contribution in [-0.2, 0) is 5.60 Å². The van der Waals surface area contributed by atoms with Gasteiger partial charge in [0.1, 0.15) is 11.4 Å². The first-order valence-electron chi connectivity index (χ1n) is 7.06. The van der Waals surface area contributed by atoms with E-state index < -0.39 is 5.60 Å². The van der Waals surface area contributed by atoms with Gasteiger partial charge in [-0.2, -0.15) is 0 Å². The van der Waals surface area contributed by atoms with Gasteiger partial charge in [0.15, 0.2) is 0 Å². The fraction of sp³-hybridized carbons (Fsp3) is 0.235. The SMILES string of the molecule is Cc1cc(C(C)(C)O)ncc1-c1cc2cnc(N)cc2cn1. The van der Waals surface area contributed by atoms with E-state index in [-0.39, 0.29) is 0 Å². The van der Waals surface area contributed by atoms with Crippen LogP contribution in [0.5, 0.6) is 0 Å². The molecule has 5 nitrogen and oxygen atoms in total. The largest absolute Gasteiger partial charge is 0.384 e. The Morgan fingerprint density at radius 2 is 1.64 bits per heavy atom. The van der Waals surface area contributed by atoms with Gasteiger partial charge in [-0.05, 0) is 44.5 Å². The minimum absolute atomic E-state index is 0.481. The van der Waals surface area contributed by atoms with Gasteiger partial charge >= 0.3 is 0 Å². The number of fused-ring (bicyclic) bond motifs is 1. The summed E-state index contributed by atoms with van der Waals surface area (Å²) in [7, 11) is 0. The van der Waals surface area contributed by atoms with Crippen LogP contribution in [0, 0.1) is 6.92 Å². The molecule has 0 aliphatic heterocycles. The van der Waals surface area contributed by atoms with Crippen molar-refractivity contribution >= 4 is 16.6 Å². The number of aromatic nitrogens is 3. The molecule has 0 saturated carbocycles. The Labute approximate surface area is 128 Å². The van der Waals surface area contributed by atoms with Gasteiger partial charge in [-0.1, -0.05) is 0 Å². The van der Waals surface area contributed by atoms with Crippen LogP contribution in [-0.4, -0.2) is 20.1 Å². The zero-order valence-electron chi connectivity index (χ0n) is 12.8. The molecule has 3 N–H and O–H groups in total. The molecule has 112 valence electrons. The Kier molecular flexibility index (Phi) is 3.30. The second kappa shape index (κ2) is 5.03. The highest BCUT2D eigenvalue weighted by atomic mass is 16.3. The Morgan fingerprint density at radius 3 is 2.32 bits per heavy atom. The predicted octanol–water partition coefficient (Wildman–Crippen LogP) is 2.81. The van der Waals surface area contributed by atoms with E-state index >= 15 is 0 Å². The van der Waals surface area contributed by atoms with E-state index in [1.54, 1.807) is 38.5 Å². The number of hydrogen-bond acceptors (Lipinski definition) is 5. The Balaban J connectivity index is 2.09. The van der Waals surface area contributed by atoms with Gasteiger partial charge in [0, 0.05) is 34.9 Å². The van der Waals surface area contributed by atoms with Gasteiger partial charge in [-0.15, -0.1) is 0 Å². The summed E-state index contributed by atoms with van der Waals surface area (Å²) in [5.74, 6) is 0.481. The Hall–Kier alpha value is -2.53. The molecule has 5 heteroatoms. The maximum absolute atomic E-state index is 10.0. The van der Waals surface area contributed by atoms with Crippen LogP contribution < -0.4 is 5.73 Å². The van der Waals surface area contributed by atoms with Crippen LogP contribution >= 0.6 is 0 Å². The van der Waals surface area contributed by atoms with Gasteiger partial charge in [-0.3, -0.25) is 9.97 Å². The number of nitrogens with zero attached hydrogens (tertiary/aromatic N) is 3. The van der Waals surface area contributed by atoms with Crippen LogP contribution in [0.4, 0.5) is 5.82 Å². The van der Waals surface area contributed by atoms with Crippen molar-refractivity contribution in [1.82, 2.24) is 15.0 Å². The third-order valence-corrected chi connectivity index (χ3v) is 3.64. The summed E-state index contributed by atoms with van der Waals surface area (Å²) in [6.45, 7) is 5.43. The van der Waals surface area contributed by atoms with Crippen molar-refractivity contribution < 1.29 is 5.11 Å². The quantitative estimate of drug-likeness (QED) is 0.759. The van der Waals surface area contributed by atoms with Gasteiger partial charge in [-0.25, -0.2) is 4.98 Å². The van der Waals surface area contributed by atoms with Crippen LogP contribution in [0.15, 0.2) is 36.8 Å². The fourth-order valence-electron chi connectivity index (χ4n) is 2.36. The average Bonchev–Trinajstić information content (AvgIpc) is 2.45. The third-order valence-electron chi connectivity index (χ3n) is 3.64. The highest BCUT2D eigenvalue weighted by molar-refractivity contribution is 5.86. The molecule has 0 saturated heterocycles. The first kappa shape index (κ1) is 14.4. The summed E-state index contributed by atoms with van der Waals surface area (Å²) in [5.41, 5.74) is 8.15. The van der Waals surface area contributed by atoms with E-state index in [4.69, 9.17) is 5.73 Å². The summed E-state index contributed by atoms with van der Waals surface area (Å²) >= 11 is 0. The van der Waals surface area contributed by atoms with Gasteiger partial charge in [0.05, 0.1) is 11.4 Å². The summed E-state index contributed by atoms with van der Waals surface area (Å²) in [4.78, 5) is 13.0. The number of aryl methyl sites for hydroxylation is 1. The van der Waals surface area contributed by atoms with Crippen molar-refractivity contribution in [2.24, 2.45) is 0 Å². The van der Waals surface area contributed by atoms with Crippen molar-refractivity contribution in [3.05, 3.63) is 48.0 Å². The molecule has 0 unspecified atom stereocenters. The number of rotatable bonds is 2. The minimum Gasteiger partial charge on any atom is -0.384 e. The maximum Gasteiger partial charge on any atom is 0.123 e. The molecule has 0 aliphatic carbocycles. The summed E-state index contributed by atoms with van der Waals surface area (Å²) in [6.07, 6.45) is 5.28. The van der Waals surface area contributed by atoms with E-state index in [0.29, 0.717) is 11.5 Å². The van der Waals surface area contributed by atoms with E-state index in [1.807, 2.05) is 19.1 Å². The van der Waals surface area contributed by atoms with Gasteiger partial charge in [0.25, 0.3) is 0 Å². The summed E-state index contributed by atoms with van der Waals surface area (Å²) in [6, 6.07) is 5.66. The lowest BCUT2D eigenvalue weighted by Crippen LogP contribution is -2.17. The van der Waals surface area contributed by atoms with Gasteiger partial charge < -0.3 is 10.8 Å². The lowest BCUT2D eigenvalue weighted by atomic mass is 9.99. The van der Waals surface area contributed by atoms with Crippen molar-refractivity contribution in [2.75, 3.05) is 5.73 Å². The molecule has 0 atom stereocenters. The Morgan fingerprint density at radius 1 is 0.955 bits per heavy atom. The second-order valence-electron chi connectivity index (χ2n) is 5.97. The molecular weight excluding hydrogens is 276 g/mol. The predicted molar refractivity (Wildman–Crippen MR) is 87.2 cm³/mol. The van der Waals surface area contributed by atoms with E-state index in [9.17, 15) is 5.11 Å². The van der Waals surface area contributed by atoms with E-state index in [1.165, 1.54) is 0 Å². The van der Waals surface area contributed by atoms with Crippen LogP contribution in [0.25, 0.3) is 22.0 Å². The molecule has 0 aromatic carbocycles. The highest BCUT2D eigenvalue weighted by Crippen LogP contribution is 2.27. The van der Waals surface area contributed by atoms with Crippen molar-refractivity contribution in [2.45, 2.75) is 26.4 Å². The molecule has 0 amide bonds. The zero-order chi connectivity index (χ0) is 15.9. The van der Waals surface area contributed by atoms with E-state index in [0.717, 1.165) is 27.6 Å². The normalized spacial score (nSPS) is 11.8. The number of hydrogen-bond donors (Lipinski definition) is 2. The van der Waals surface area contributed by atoms with E-state index in [2.05, 4.69) is 15.0 Å². The molecule has 0 bridgehead atoms. The van der Waals surface area contributed by atoms with Crippen LogP contribution in [0.1, 0.15) is 25.1 Å². The fourth-order valence-corrected chi connectivity index (χ4v) is 2.36. The number of nitrogen functional groups attached to an aromatic ring is 1. The topological polar surface area (TPSA) is 84.9 Å². The number of nitrogens with two attached hydrogens (primary N) is 1.